The first-order valence-electron chi connectivity index (χ1n) is 6.72. The number of amides is 2. The molecule has 1 unspecified atom stereocenters. The molecule has 0 aromatic rings. The molecule has 0 bridgehead atoms. The van der Waals surface area contributed by atoms with E-state index in [9.17, 15) is 9.59 Å². The molecule has 1 aliphatic carbocycles. The Morgan fingerprint density at radius 1 is 1.44 bits per heavy atom. The monoisotopic (exact) mass is 256 g/mol. The van der Waals surface area contributed by atoms with Crippen molar-refractivity contribution in [1.29, 1.82) is 0 Å². The normalized spacial score (nSPS) is 16.8. The zero-order valence-corrected chi connectivity index (χ0v) is 11.3. The first kappa shape index (κ1) is 14.8. The maximum atomic E-state index is 11.8. The van der Waals surface area contributed by atoms with Gasteiger partial charge < -0.3 is 15.3 Å². The number of hydrogen-bond acceptors (Lipinski definition) is 2. The number of rotatable bonds is 7. The van der Waals surface area contributed by atoms with Gasteiger partial charge in [-0.25, -0.2) is 4.79 Å². The molecule has 0 aromatic carbocycles. The van der Waals surface area contributed by atoms with Crippen LogP contribution in [0, 0.1) is 5.92 Å². The van der Waals surface area contributed by atoms with Crippen molar-refractivity contribution >= 4 is 12.0 Å². The Hall–Kier alpha value is -1.26. The lowest BCUT2D eigenvalue weighted by Gasteiger charge is -2.30. The second-order valence-corrected chi connectivity index (χ2v) is 5.31. The van der Waals surface area contributed by atoms with Crippen molar-refractivity contribution in [3.05, 3.63) is 0 Å². The molecule has 1 saturated carbocycles. The molecule has 1 rings (SSSR count). The highest BCUT2D eigenvalue weighted by atomic mass is 16.4. The molecule has 1 aliphatic rings. The van der Waals surface area contributed by atoms with Crippen LogP contribution in [0.4, 0.5) is 4.79 Å². The van der Waals surface area contributed by atoms with Gasteiger partial charge in [0.2, 0.25) is 0 Å². The SMILES string of the molecule is CC(CCCC(=O)O)NC(=O)N(C)CC1CCC1. The summed E-state index contributed by atoms with van der Waals surface area (Å²) in [5.74, 6) is -0.112. The predicted octanol–water partition coefficient (Wildman–Crippen LogP) is 2.07. The van der Waals surface area contributed by atoms with Crippen LogP contribution in [0.25, 0.3) is 0 Å². The van der Waals surface area contributed by atoms with Gasteiger partial charge in [0.05, 0.1) is 0 Å². The van der Waals surface area contributed by atoms with Crippen LogP contribution < -0.4 is 5.32 Å². The van der Waals surface area contributed by atoms with Crippen molar-refractivity contribution in [3.63, 3.8) is 0 Å². The second-order valence-electron chi connectivity index (χ2n) is 5.31. The predicted molar refractivity (Wildman–Crippen MR) is 69.5 cm³/mol. The van der Waals surface area contributed by atoms with Crippen LogP contribution in [-0.4, -0.2) is 41.6 Å². The first-order valence-corrected chi connectivity index (χ1v) is 6.72. The molecule has 1 atom stereocenters. The first-order chi connectivity index (χ1) is 8.49. The van der Waals surface area contributed by atoms with Gasteiger partial charge >= 0.3 is 12.0 Å². The fourth-order valence-corrected chi connectivity index (χ4v) is 2.10. The smallest absolute Gasteiger partial charge is 0.317 e. The quantitative estimate of drug-likeness (QED) is 0.732. The maximum Gasteiger partial charge on any atom is 0.317 e. The molecular weight excluding hydrogens is 232 g/mol. The van der Waals surface area contributed by atoms with Crippen molar-refractivity contribution in [2.45, 2.75) is 51.5 Å². The van der Waals surface area contributed by atoms with Crippen molar-refractivity contribution in [1.82, 2.24) is 10.2 Å². The number of urea groups is 1. The highest BCUT2D eigenvalue weighted by Gasteiger charge is 2.21. The average Bonchev–Trinajstić information content (AvgIpc) is 2.22. The molecule has 1 fully saturated rings. The van der Waals surface area contributed by atoms with E-state index in [0.717, 1.165) is 6.54 Å². The minimum Gasteiger partial charge on any atom is -0.481 e. The van der Waals surface area contributed by atoms with Gasteiger partial charge in [-0.1, -0.05) is 6.42 Å². The Morgan fingerprint density at radius 2 is 2.11 bits per heavy atom. The molecule has 0 spiro atoms. The molecule has 18 heavy (non-hydrogen) atoms. The van der Waals surface area contributed by atoms with Crippen molar-refractivity contribution in [3.8, 4) is 0 Å². The molecule has 0 aromatic heterocycles. The molecule has 2 N–H and O–H groups in total. The Balaban J connectivity index is 2.14. The van der Waals surface area contributed by atoms with Gasteiger partial charge in [-0.05, 0) is 38.5 Å². The molecular formula is C13H24N2O3. The zero-order chi connectivity index (χ0) is 13.5. The Kier molecular flexibility index (Phi) is 5.95. The van der Waals surface area contributed by atoms with Gasteiger partial charge in [0.25, 0.3) is 0 Å². The topological polar surface area (TPSA) is 69.6 Å². The van der Waals surface area contributed by atoms with E-state index >= 15 is 0 Å². The van der Waals surface area contributed by atoms with Crippen LogP contribution in [0.1, 0.15) is 45.4 Å². The zero-order valence-electron chi connectivity index (χ0n) is 11.3. The summed E-state index contributed by atoms with van der Waals surface area (Å²) in [4.78, 5) is 23.9. The van der Waals surface area contributed by atoms with Crippen molar-refractivity contribution in [2.75, 3.05) is 13.6 Å². The van der Waals surface area contributed by atoms with E-state index in [0.29, 0.717) is 18.8 Å². The van der Waals surface area contributed by atoms with Crippen molar-refractivity contribution < 1.29 is 14.7 Å². The van der Waals surface area contributed by atoms with Crippen LogP contribution in [0.3, 0.4) is 0 Å². The molecule has 0 heterocycles. The van der Waals surface area contributed by atoms with Crippen LogP contribution in [0.2, 0.25) is 0 Å². The van der Waals surface area contributed by atoms with E-state index in [-0.39, 0.29) is 18.5 Å². The third kappa shape index (κ3) is 5.38. The fraction of sp³-hybridized carbons (Fsp3) is 0.846. The van der Waals surface area contributed by atoms with Gasteiger partial charge in [0.1, 0.15) is 0 Å². The number of carbonyl (C=O) groups excluding carboxylic acids is 1. The summed E-state index contributed by atoms with van der Waals surface area (Å²) in [6.07, 6.45) is 5.21. The minimum absolute atomic E-state index is 0.0284. The third-order valence-electron chi connectivity index (χ3n) is 3.50. The van der Waals surface area contributed by atoms with E-state index in [2.05, 4.69) is 5.32 Å². The largest absolute Gasteiger partial charge is 0.481 e. The summed E-state index contributed by atoms with van der Waals surface area (Å²) in [6, 6.07) is -0.0228. The minimum atomic E-state index is -0.782. The molecule has 104 valence electrons. The lowest BCUT2D eigenvalue weighted by molar-refractivity contribution is -0.137. The van der Waals surface area contributed by atoms with Crippen molar-refractivity contribution in [2.24, 2.45) is 5.92 Å². The van der Waals surface area contributed by atoms with Gasteiger partial charge in [0.15, 0.2) is 0 Å². The molecule has 0 saturated heterocycles. The van der Waals surface area contributed by atoms with Gasteiger partial charge in [-0.15, -0.1) is 0 Å². The lowest BCUT2D eigenvalue weighted by atomic mass is 9.85. The number of carbonyl (C=O) groups is 2. The van der Waals surface area contributed by atoms with Gasteiger partial charge in [0, 0.05) is 26.1 Å². The summed E-state index contributed by atoms with van der Waals surface area (Å²) in [5.41, 5.74) is 0. The number of nitrogens with one attached hydrogen (secondary N) is 1. The summed E-state index contributed by atoms with van der Waals surface area (Å²) < 4.78 is 0. The van der Waals surface area contributed by atoms with Crippen LogP contribution in [0.5, 0.6) is 0 Å². The van der Waals surface area contributed by atoms with Crippen LogP contribution >= 0.6 is 0 Å². The Bertz CT molecular complexity index is 290. The fourth-order valence-electron chi connectivity index (χ4n) is 2.10. The molecule has 5 nitrogen and oxygen atoms in total. The average molecular weight is 256 g/mol. The maximum absolute atomic E-state index is 11.8. The summed E-state index contributed by atoms with van der Waals surface area (Å²) in [6.45, 7) is 2.74. The summed E-state index contributed by atoms with van der Waals surface area (Å²) in [5, 5.41) is 11.4. The third-order valence-corrected chi connectivity index (χ3v) is 3.50. The molecule has 0 aliphatic heterocycles. The number of carboxylic acid groups (broad SMARTS) is 1. The summed E-state index contributed by atoms with van der Waals surface area (Å²) in [7, 11) is 1.82. The molecule has 2 amide bonds. The molecule has 0 radical (unpaired) electrons. The number of aliphatic carboxylic acids is 1. The number of nitrogens with zero attached hydrogens (tertiary/aromatic N) is 1. The van der Waals surface area contributed by atoms with Crippen LogP contribution in [0.15, 0.2) is 0 Å². The number of hydrogen-bond donors (Lipinski definition) is 2. The highest BCUT2D eigenvalue weighted by molar-refractivity contribution is 5.74. The second kappa shape index (κ2) is 7.24. The van der Waals surface area contributed by atoms with E-state index in [1.54, 1.807) is 4.90 Å². The van der Waals surface area contributed by atoms with E-state index in [1.807, 2.05) is 14.0 Å². The van der Waals surface area contributed by atoms with E-state index in [4.69, 9.17) is 5.11 Å². The standard InChI is InChI=1S/C13H24N2O3/c1-10(5-3-8-12(16)17)14-13(18)15(2)9-11-6-4-7-11/h10-11H,3-9H2,1-2H3,(H,14,18)(H,16,17). The highest BCUT2D eigenvalue weighted by Crippen LogP contribution is 2.26. The van der Waals surface area contributed by atoms with E-state index in [1.165, 1.54) is 19.3 Å². The lowest BCUT2D eigenvalue weighted by Crippen LogP contribution is -2.44. The van der Waals surface area contributed by atoms with Gasteiger partial charge in [-0.2, -0.15) is 0 Å². The van der Waals surface area contributed by atoms with Gasteiger partial charge in [-0.3, -0.25) is 4.79 Å². The number of carboxylic acids is 1. The van der Waals surface area contributed by atoms with E-state index < -0.39 is 5.97 Å². The summed E-state index contributed by atoms with van der Waals surface area (Å²) >= 11 is 0. The Morgan fingerprint density at radius 3 is 2.61 bits per heavy atom. The Labute approximate surface area is 109 Å². The van der Waals surface area contributed by atoms with Crippen LogP contribution in [-0.2, 0) is 4.79 Å². The molecule has 5 heteroatoms.